The van der Waals surface area contributed by atoms with E-state index < -0.39 is 0 Å². The number of nitrogens with zero attached hydrogens (tertiary/aromatic N) is 2. The molecule has 0 aliphatic carbocycles. The number of aromatic nitrogens is 2. The zero-order chi connectivity index (χ0) is 17.4. The summed E-state index contributed by atoms with van der Waals surface area (Å²) in [5.74, 6) is 0.407. The Morgan fingerprint density at radius 3 is 2.76 bits per heavy atom. The molecular formula is C19H15N3O2S. The standard InChI is InChI=1S/C19H15N3O2S/c1-11-14(6-7-15(20-11)18-4-3-9-25-18)19(23)22-13-5-8-17-16(10-13)21-12(2)24-17/h3-10H,1-2H3,(H,22,23). The van der Waals surface area contributed by atoms with E-state index in [2.05, 4.69) is 15.3 Å². The molecule has 0 fully saturated rings. The number of anilines is 1. The molecule has 0 spiro atoms. The molecule has 5 nitrogen and oxygen atoms in total. The van der Waals surface area contributed by atoms with Gasteiger partial charge in [0.1, 0.15) is 5.52 Å². The van der Waals surface area contributed by atoms with E-state index >= 15 is 0 Å². The van der Waals surface area contributed by atoms with Crippen molar-refractivity contribution in [3.63, 3.8) is 0 Å². The van der Waals surface area contributed by atoms with Crippen molar-refractivity contribution in [3.8, 4) is 10.6 Å². The van der Waals surface area contributed by atoms with Crippen LogP contribution in [0.15, 0.2) is 52.3 Å². The molecule has 0 atom stereocenters. The Kier molecular flexibility index (Phi) is 3.82. The van der Waals surface area contributed by atoms with Gasteiger partial charge in [-0.3, -0.25) is 9.78 Å². The summed E-state index contributed by atoms with van der Waals surface area (Å²) in [6.45, 7) is 3.64. The number of oxazole rings is 1. The summed E-state index contributed by atoms with van der Waals surface area (Å²) in [4.78, 5) is 22.5. The number of aryl methyl sites for hydroxylation is 2. The van der Waals surface area contributed by atoms with Crippen LogP contribution in [0.25, 0.3) is 21.7 Å². The Morgan fingerprint density at radius 1 is 1.12 bits per heavy atom. The second-order valence-electron chi connectivity index (χ2n) is 5.68. The molecule has 3 heterocycles. The lowest BCUT2D eigenvalue weighted by Crippen LogP contribution is -2.14. The van der Waals surface area contributed by atoms with Crippen LogP contribution in [-0.2, 0) is 0 Å². The van der Waals surface area contributed by atoms with E-state index in [4.69, 9.17) is 4.42 Å². The van der Waals surface area contributed by atoms with Crippen LogP contribution in [-0.4, -0.2) is 15.9 Å². The van der Waals surface area contributed by atoms with Gasteiger partial charge in [-0.15, -0.1) is 11.3 Å². The van der Waals surface area contributed by atoms with Gasteiger partial charge in [-0.25, -0.2) is 4.98 Å². The molecule has 0 saturated carbocycles. The van der Waals surface area contributed by atoms with Gasteiger partial charge in [-0.1, -0.05) is 6.07 Å². The molecule has 3 aromatic heterocycles. The highest BCUT2D eigenvalue weighted by Gasteiger charge is 2.13. The van der Waals surface area contributed by atoms with Gasteiger partial charge in [0.15, 0.2) is 11.5 Å². The van der Waals surface area contributed by atoms with Gasteiger partial charge in [0.25, 0.3) is 5.91 Å². The third-order valence-corrected chi connectivity index (χ3v) is 4.75. The number of carbonyl (C=O) groups is 1. The highest BCUT2D eigenvalue weighted by molar-refractivity contribution is 7.13. The second-order valence-corrected chi connectivity index (χ2v) is 6.62. The number of fused-ring (bicyclic) bond motifs is 1. The van der Waals surface area contributed by atoms with E-state index in [1.807, 2.05) is 36.6 Å². The van der Waals surface area contributed by atoms with Crippen LogP contribution in [0, 0.1) is 13.8 Å². The number of benzene rings is 1. The third-order valence-electron chi connectivity index (χ3n) is 3.86. The van der Waals surface area contributed by atoms with E-state index in [0.29, 0.717) is 28.4 Å². The molecule has 0 saturated heterocycles. The lowest BCUT2D eigenvalue weighted by Gasteiger charge is -2.08. The van der Waals surface area contributed by atoms with Crippen LogP contribution in [0.5, 0.6) is 0 Å². The zero-order valence-corrected chi connectivity index (χ0v) is 14.6. The summed E-state index contributed by atoms with van der Waals surface area (Å²) in [7, 11) is 0. The van der Waals surface area contributed by atoms with E-state index in [1.165, 1.54) is 0 Å². The molecule has 124 valence electrons. The minimum Gasteiger partial charge on any atom is -0.441 e. The molecule has 6 heteroatoms. The van der Waals surface area contributed by atoms with Crippen molar-refractivity contribution in [2.75, 3.05) is 5.32 Å². The van der Waals surface area contributed by atoms with Crippen molar-refractivity contribution in [1.29, 1.82) is 0 Å². The lowest BCUT2D eigenvalue weighted by atomic mass is 10.1. The average molecular weight is 349 g/mol. The number of carbonyl (C=O) groups excluding carboxylic acids is 1. The van der Waals surface area contributed by atoms with Gasteiger partial charge >= 0.3 is 0 Å². The average Bonchev–Trinajstić information content (AvgIpc) is 3.22. The van der Waals surface area contributed by atoms with E-state index in [-0.39, 0.29) is 5.91 Å². The summed E-state index contributed by atoms with van der Waals surface area (Å²) < 4.78 is 5.45. The molecule has 1 aromatic carbocycles. The van der Waals surface area contributed by atoms with Gasteiger partial charge in [0, 0.05) is 12.6 Å². The molecule has 0 aliphatic heterocycles. The summed E-state index contributed by atoms with van der Waals surface area (Å²) >= 11 is 1.63. The second kappa shape index (κ2) is 6.14. The Morgan fingerprint density at radius 2 is 2.00 bits per heavy atom. The molecule has 4 rings (SSSR count). The van der Waals surface area contributed by atoms with Crippen LogP contribution in [0.4, 0.5) is 5.69 Å². The van der Waals surface area contributed by atoms with Crippen molar-refractivity contribution in [2.24, 2.45) is 0 Å². The number of amides is 1. The number of pyridine rings is 1. The van der Waals surface area contributed by atoms with Crippen molar-refractivity contribution < 1.29 is 9.21 Å². The van der Waals surface area contributed by atoms with E-state index in [9.17, 15) is 4.79 Å². The molecule has 0 radical (unpaired) electrons. The smallest absolute Gasteiger partial charge is 0.257 e. The molecule has 0 aliphatic rings. The highest BCUT2D eigenvalue weighted by Crippen LogP contribution is 2.24. The fourth-order valence-electron chi connectivity index (χ4n) is 2.68. The predicted octanol–water partition coefficient (Wildman–Crippen LogP) is 4.82. The van der Waals surface area contributed by atoms with Gasteiger partial charge < -0.3 is 9.73 Å². The van der Waals surface area contributed by atoms with Crippen LogP contribution >= 0.6 is 11.3 Å². The van der Waals surface area contributed by atoms with Crippen LogP contribution in [0.3, 0.4) is 0 Å². The summed E-state index contributed by atoms with van der Waals surface area (Å²) in [6.07, 6.45) is 0. The van der Waals surface area contributed by atoms with Gasteiger partial charge in [0.05, 0.1) is 21.8 Å². The number of rotatable bonds is 3. The third kappa shape index (κ3) is 3.04. The van der Waals surface area contributed by atoms with Crippen LogP contribution in [0.2, 0.25) is 0 Å². The minimum atomic E-state index is -0.192. The number of nitrogens with one attached hydrogen (secondary N) is 1. The first-order valence-corrected chi connectivity index (χ1v) is 8.68. The Bertz CT molecular complexity index is 1070. The first-order valence-electron chi connectivity index (χ1n) is 7.80. The SMILES string of the molecule is Cc1nc2cc(NC(=O)c3ccc(-c4cccs4)nc3C)ccc2o1. The molecule has 1 amide bonds. The minimum absolute atomic E-state index is 0.192. The fraction of sp³-hybridized carbons (Fsp3) is 0.105. The molecule has 0 bridgehead atoms. The van der Waals surface area contributed by atoms with E-state index in [0.717, 1.165) is 16.1 Å². The maximum absolute atomic E-state index is 12.6. The van der Waals surface area contributed by atoms with Crippen molar-refractivity contribution >= 4 is 34.0 Å². The quantitative estimate of drug-likeness (QED) is 0.576. The van der Waals surface area contributed by atoms with Crippen molar-refractivity contribution in [3.05, 3.63) is 65.0 Å². The van der Waals surface area contributed by atoms with Crippen molar-refractivity contribution in [2.45, 2.75) is 13.8 Å². The Hall–Kier alpha value is -2.99. The van der Waals surface area contributed by atoms with Crippen LogP contribution in [0.1, 0.15) is 21.9 Å². The first kappa shape index (κ1) is 15.5. The van der Waals surface area contributed by atoms with Crippen molar-refractivity contribution in [1.82, 2.24) is 9.97 Å². The largest absolute Gasteiger partial charge is 0.441 e. The molecule has 0 unspecified atom stereocenters. The van der Waals surface area contributed by atoms with Gasteiger partial charge in [-0.2, -0.15) is 0 Å². The molecule has 4 aromatic rings. The summed E-state index contributed by atoms with van der Waals surface area (Å²) in [5.41, 5.74) is 4.22. The predicted molar refractivity (Wildman–Crippen MR) is 99.0 cm³/mol. The maximum atomic E-state index is 12.6. The molecule has 25 heavy (non-hydrogen) atoms. The molecule has 1 N–H and O–H groups in total. The number of hydrogen-bond donors (Lipinski definition) is 1. The lowest BCUT2D eigenvalue weighted by molar-refractivity contribution is 0.102. The monoisotopic (exact) mass is 349 g/mol. The first-order chi connectivity index (χ1) is 12.1. The Labute approximate surface area is 148 Å². The van der Waals surface area contributed by atoms with Gasteiger partial charge in [0.2, 0.25) is 0 Å². The summed E-state index contributed by atoms with van der Waals surface area (Å²) in [6, 6.07) is 13.1. The number of thiophene rings is 1. The Balaban J connectivity index is 1.59. The van der Waals surface area contributed by atoms with Crippen LogP contribution < -0.4 is 5.32 Å². The van der Waals surface area contributed by atoms with E-state index in [1.54, 1.807) is 36.5 Å². The summed E-state index contributed by atoms with van der Waals surface area (Å²) in [5, 5.41) is 4.91. The number of hydrogen-bond acceptors (Lipinski definition) is 5. The highest BCUT2D eigenvalue weighted by atomic mass is 32.1. The zero-order valence-electron chi connectivity index (χ0n) is 13.7. The van der Waals surface area contributed by atoms with Gasteiger partial charge in [-0.05, 0) is 48.7 Å². The topological polar surface area (TPSA) is 68.0 Å². The molecular weight excluding hydrogens is 334 g/mol. The maximum Gasteiger partial charge on any atom is 0.257 e. The fourth-order valence-corrected chi connectivity index (χ4v) is 3.38. The normalized spacial score (nSPS) is 11.0.